The van der Waals surface area contributed by atoms with Crippen molar-refractivity contribution >= 4 is 44.8 Å². The Morgan fingerprint density at radius 1 is 1.17 bits per heavy atom. The van der Waals surface area contributed by atoms with E-state index in [1.165, 1.54) is 11.4 Å². The number of fused-ring (bicyclic) bond motifs is 1. The van der Waals surface area contributed by atoms with Crippen LogP contribution in [-0.4, -0.2) is 55.5 Å². The van der Waals surface area contributed by atoms with Gasteiger partial charge in [-0.1, -0.05) is 12.1 Å². The Bertz CT molecular complexity index is 1100. The first-order chi connectivity index (χ1) is 13.8. The molecular weight excluding hydrogens is 414 g/mol. The van der Waals surface area contributed by atoms with Crippen LogP contribution < -0.4 is 5.32 Å². The third kappa shape index (κ3) is 3.37. The van der Waals surface area contributed by atoms with Gasteiger partial charge in [0.1, 0.15) is 4.21 Å². The fourth-order valence-electron chi connectivity index (χ4n) is 3.65. The Kier molecular flexibility index (Phi) is 5.01. The molecule has 3 heterocycles. The molecule has 10 heteroatoms. The first-order valence-electron chi connectivity index (χ1n) is 9.10. The van der Waals surface area contributed by atoms with Crippen molar-refractivity contribution in [1.29, 1.82) is 0 Å². The van der Waals surface area contributed by atoms with Gasteiger partial charge in [0.05, 0.1) is 22.7 Å². The summed E-state index contributed by atoms with van der Waals surface area (Å²) >= 11 is 1.15. The van der Waals surface area contributed by atoms with Gasteiger partial charge in [-0.2, -0.15) is 4.31 Å². The highest BCUT2D eigenvalue weighted by atomic mass is 32.2. The summed E-state index contributed by atoms with van der Waals surface area (Å²) in [5, 5.41) is 4.43. The molecule has 8 nitrogen and oxygen atoms in total. The van der Waals surface area contributed by atoms with Gasteiger partial charge in [0.15, 0.2) is 0 Å². The highest BCUT2D eigenvalue weighted by Crippen LogP contribution is 2.30. The van der Waals surface area contributed by atoms with Crippen molar-refractivity contribution in [3.05, 3.63) is 46.8 Å². The number of carbonyl (C=O) groups is 3. The minimum Gasteiger partial charge on any atom is -0.325 e. The summed E-state index contributed by atoms with van der Waals surface area (Å²) in [6.07, 6.45) is 1.11. The van der Waals surface area contributed by atoms with Crippen LogP contribution in [-0.2, 0) is 14.8 Å². The highest BCUT2D eigenvalue weighted by Gasteiger charge is 2.37. The number of rotatable bonds is 4. The van der Waals surface area contributed by atoms with Crippen molar-refractivity contribution in [1.82, 2.24) is 9.21 Å². The third-order valence-corrected chi connectivity index (χ3v) is 8.46. The molecule has 2 aliphatic heterocycles. The molecule has 2 aliphatic rings. The van der Waals surface area contributed by atoms with Crippen molar-refractivity contribution in [2.24, 2.45) is 5.92 Å². The van der Waals surface area contributed by atoms with E-state index in [9.17, 15) is 22.8 Å². The number of amides is 3. The molecule has 0 saturated carbocycles. The SMILES string of the molecule is CN1C(=O)c2cccc(NC(=O)C3CCCN(S(=O)(=O)c4cccs4)C3)c2C1=O. The minimum absolute atomic E-state index is 0.0773. The molecular formula is C19H19N3O5S2. The van der Waals surface area contributed by atoms with Gasteiger partial charge in [0.25, 0.3) is 21.8 Å². The Balaban J connectivity index is 1.53. The highest BCUT2D eigenvalue weighted by molar-refractivity contribution is 7.91. The number of sulfonamides is 1. The van der Waals surface area contributed by atoms with Crippen LogP contribution in [0.3, 0.4) is 0 Å². The molecule has 152 valence electrons. The smallest absolute Gasteiger partial charge is 0.263 e. The molecule has 1 saturated heterocycles. The number of piperidine rings is 1. The van der Waals surface area contributed by atoms with Crippen molar-refractivity contribution in [3.8, 4) is 0 Å². The van der Waals surface area contributed by atoms with Gasteiger partial charge in [0, 0.05) is 20.1 Å². The van der Waals surface area contributed by atoms with E-state index < -0.39 is 27.8 Å². The lowest BCUT2D eigenvalue weighted by atomic mass is 9.98. The van der Waals surface area contributed by atoms with Crippen LogP contribution in [0.5, 0.6) is 0 Å². The summed E-state index contributed by atoms with van der Waals surface area (Å²) in [7, 11) is -2.23. The number of benzene rings is 1. The van der Waals surface area contributed by atoms with Gasteiger partial charge in [-0.05, 0) is 36.4 Å². The minimum atomic E-state index is -3.62. The average Bonchev–Trinajstić information content (AvgIpc) is 3.34. The summed E-state index contributed by atoms with van der Waals surface area (Å²) in [5.74, 6) is -1.78. The van der Waals surface area contributed by atoms with Crippen LogP contribution in [0, 0.1) is 5.92 Å². The maximum absolute atomic E-state index is 12.9. The van der Waals surface area contributed by atoms with E-state index in [-0.39, 0.29) is 33.5 Å². The molecule has 4 rings (SSSR count). The fraction of sp³-hybridized carbons (Fsp3) is 0.316. The number of carbonyl (C=O) groups excluding carboxylic acids is 3. The Morgan fingerprint density at radius 3 is 2.69 bits per heavy atom. The van der Waals surface area contributed by atoms with Crippen molar-refractivity contribution in [2.45, 2.75) is 17.1 Å². The molecule has 1 atom stereocenters. The first kappa shape index (κ1) is 19.7. The summed E-state index contributed by atoms with van der Waals surface area (Å²) in [6.45, 7) is 0.441. The predicted molar refractivity (Wildman–Crippen MR) is 107 cm³/mol. The molecule has 0 spiro atoms. The molecule has 0 radical (unpaired) electrons. The Labute approximate surface area is 172 Å². The maximum atomic E-state index is 12.9. The van der Waals surface area contributed by atoms with Crippen LogP contribution in [0.1, 0.15) is 33.6 Å². The predicted octanol–water partition coefficient (Wildman–Crippen LogP) is 2.01. The number of hydrogen-bond donors (Lipinski definition) is 1. The van der Waals surface area contributed by atoms with Crippen LogP contribution >= 0.6 is 11.3 Å². The van der Waals surface area contributed by atoms with Crippen LogP contribution in [0.15, 0.2) is 39.9 Å². The first-order valence-corrected chi connectivity index (χ1v) is 11.4. The fourth-order valence-corrected chi connectivity index (χ4v) is 6.32. The number of nitrogens with one attached hydrogen (secondary N) is 1. The average molecular weight is 434 g/mol. The number of nitrogens with zero attached hydrogens (tertiary/aromatic N) is 2. The maximum Gasteiger partial charge on any atom is 0.263 e. The van der Waals surface area contributed by atoms with Gasteiger partial charge >= 0.3 is 0 Å². The zero-order valence-electron chi connectivity index (χ0n) is 15.6. The summed E-state index contributed by atoms with van der Waals surface area (Å²) in [6, 6.07) is 7.95. The molecule has 2 aromatic rings. The molecule has 1 fully saturated rings. The van der Waals surface area contributed by atoms with Crippen LogP contribution in [0.4, 0.5) is 5.69 Å². The Hall–Kier alpha value is -2.56. The van der Waals surface area contributed by atoms with E-state index in [0.717, 1.165) is 16.2 Å². The summed E-state index contributed by atoms with van der Waals surface area (Å²) < 4.78 is 27.1. The topological polar surface area (TPSA) is 104 Å². The monoisotopic (exact) mass is 433 g/mol. The van der Waals surface area contributed by atoms with Crippen LogP contribution in [0.2, 0.25) is 0 Å². The van der Waals surface area contributed by atoms with Gasteiger partial charge in [-0.3, -0.25) is 19.3 Å². The zero-order chi connectivity index (χ0) is 20.8. The second-order valence-corrected chi connectivity index (χ2v) is 10.1. The third-order valence-electron chi connectivity index (χ3n) is 5.22. The van der Waals surface area contributed by atoms with E-state index in [0.29, 0.717) is 19.4 Å². The van der Waals surface area contributed by atoms with Gasteiger partial charge in [-0.25, -0.2) is 8.42 Å². The molecule has 1 aromatic heterocycles. The van der Waals surface area contributed by atoms with Crippen LogP contribution in [0.25, 0.3) is 0 Å². The number of anilines is 1. The number of imide groups is 1. The zero-order valence-corrected chi connectivity index (χ0v) is 17.3. The van der Waals surface area contributed by atoms with E-state index in [2.05, 4.69) is 5.32 Å². The lowest BCUT2D eigenvalue weighted by molar-refractivity contribution is -0.120. The van der Waals surface area contributed by atoms with E-state index in [1.807, 2.05) is 0 Å². The quantitative estimate of drug-likeness (QED) is 0.743. The van der Waals surface area contributed by atoms with Gasteiger partial charge in [-0.15, -0.1) is 11.3 Å². The summed E-state index contributed by atoms with van der Waals surface area (Å²) in [5.41, 5.74) is 0.696. The molecule has 3 amide bonds. The van der Waals surface area contributed by atoms with Gasteiger partial charge < -0.3 is 5.32 Å². The summed E-state index contributed by atoms with van der Waals surface area (Å²) in [4.78, 5) is 38.4. The number of thiophene rings is 1. The number of hydrogen-bond acceptors (Lipinski definition) is 6. The van der Waals surface area contributed by atoms with Crippen molar-refractivity contribution in [2.75, 3.05) is 25.5 Å². The van der Waals surface area contributed by atoms with E-state index >= 15 is 0 Å². The second kappa shape index (κ2) is 7.36. The van der Waals surface area contributed by atoms with Crippen molar-refractivity contribution in [3.63, 3.8) is 0 Å². The normalized spacial score (nSPS) is 20.0. The van der Waals surface area contributed by atoms with E-state index in [1.54, 1.807) is 35.7 Å². The molecule has 1 unspecified atom stereocenters. The standard InChI is InChI=1S/C19H19N3O5S2/c1-21-18(24)13-6-2-7-14(16(13)19(21)25)20-17(23)12-5-3-9-22(11-12)29(26,27)15-8-4-10-28-15/h2,4,6-8,10,12H,3,5,9,11H2,1H3,(H,20,23). The van der Waals surface area contributed by atoms with Gasteiger partial charge in [0.2, 0.25) is 5.91 Å². The molecule has 0 aliphatic carbocycles. The lowest BCUT2D eigenvalue weighted by Crippen LogP contribution is -2.43. The molecule has 29 heavy (non-hydrogen) atoms. The Morgan fingerprint density at radius 2 is 1.97 bits per heavy atom. The molecule has 0 bridgehead atoms. The largest absolute Gasteiger partial charge is 0.325 e. The molecule has 1 N–H and O–H groups in total. The lowest BCUT2D eigenvalue weighted by Gasteiger charge is -2.30. The second-order valence-electron chi connectivity index (χ2n) is 7.02. The van der Waals surface area contributed by atoms with Crippen molar-refractivity contribution < 1.29 is 22.8 Å². The molecule has 1 aromatic carbocycles. The van der Waals surface area contributed by atoms with E-state index in [4.69, 9.17) is 0 Å².